The van der Waals surface area contributed by atoms with Gasteiger partial charge in [-0.05, 0) is 32.1 Å². The highest BCUT2D eigenvalue weighted by Gasteiger charge is 2.44. The molecule has 2 atom stereocenters. The fourth-order valence-electron chi connectivity index (χ4n) is 3.82. The molecule has 2 saturated carbocycles. The SMILES string of the molecule is COC1(C(=O)C2CCCC(S(C)(=O)=O)C2)CCCCC1. The van der Waals surface area contributed by atoms with Crippen molar-refractivity contribution in [2.75, 3.05) is 13.4 Å². The predicted molar refractivity (Wildman–Crippen MR) is 78.4 cm³/mol. The van der Waals surface area contributed by atoms with Crippen LogP contribution in [0.3, 0.4) is 0 Å². The molecule has 116 valence electrons. The number of Topliss-reactive ketones (excluding diaryl/α,β-unsaturated/α-hetero) is 1. The van der Waals surface area contributed by atoms with Crippen molar-refractivity contribution in [1.82, 2.24) is 0 Å². The zero-order valence-electron chi connectivity index (χ0n) is 12.6. The quantitative estimate of drug-likeness (QED) is 0.800. The van der Waals surface area contributed by atoms with Crippen molar-refractivity contribution >= 4 is 15.6 Å². The number of ether oxygens (including phenoxy) is 1. The lowest BCUT2D eigenvalue weighted by Crippen LogP contribution is -2.47. The number of ketones is 1. The Labute approximate surface area is 122 Å². The second-order valence-electron chi connectivity index (χ2n) is 6.44. The minimum absolute atomic E-state index is 0.137. The Hall–Kier alpha value is -0.420. The van der Waals surface area contributed by atoms with Gasteiger partial charge in [-0.3, -0.25) is 4.79 Å². The van der Waals surface area contributed by atoms with E-state index >= 15 is 0 Å². The highest BCUT2D eigenvalue weighted by atomic mass is 32.2. The Morgan fingerprint density at radius 3 is 2.30 bits per heavy atom. The van der Waals surface area contributed by atoms with Crippen LogP contribution < -0.4 is 0 Å². The van der Waals surface area contributed by atoms with Crippen LogP contribution in [0.1, 0.15) is 57.8 Å². The van der Waals surface area contributed by atoms with Crippen molar-refractivity contribution in [3.63, 3.8) is 0 Å². The molecule has 0 radical (unpaired) electrons. The largest absolute Gasteiger partial charge is 0.370 e. The molecule has 4 nitrogen and oxygen atoms in total. The average molecular weight is 302 g/mol. The van der Waals surface area contributed by atoms with Crippen LogP contribution in [0, 0.1) is 5.92 Å². The molecule has 2 fully saturated rings. The second-order valence-corrected chi connectivity index (χ2v) is 8.76. The molecule has 2 aliphatic rings. The summed E-state index contributed by atoms with van der Waals surface area (Å²) in [5.41, 5.74) is -0.637. The number of hydrogen-bond acceptors (Lipinski definition) is 4. The molecule has 2 rings (SSSR count). The maximum Gasteiger partial charge on any atom is 0.167 e. The van der Waals surface area contributed by atoms with E-state index in [1.165, 1.54) is 6.26 Å². The van der Waals surface area contributed by atoms with Gasteiger partial charge in [0.2, 0.25) is 0 Å². The molecule has 0 N–H and O–H groups in total. The molecule has 0 spiro atoms. The van der Waals surface area contributed by atoms with Gasteiger partial charge < -0.3 is 4.74 Å². The molecule has 0 saturated heterocycles. The minimum atomic E-state index is -3.04. The lowest BCUT2D eigenvalue weighted by atomic mass is 9.73. The van der Waals surface area contributed by atoms with E-state index in [1.807, 2.05) is 0 Å². The number of carbonyl (C=O) groups is 1. The summed E-state index contributed by atoms with van der Waals surface area (Å²) in [7, 11) is -1.42. The monoisotopic (exact) mass is 302 g/mol. The topological polar surface area (TPSA) is 60.4 Å². The number of sulfone groups is 1. The van der Waals surface area contributed by atoms with Crippen LogP contribution in [0.25, 0.3) is 0 Å². The summed E-state index contributed by atoms with van der Waals surface area (Å²) in [4.78, 5) is 12.9. The highest BCUT2D eigenvalue weighted by molar-refractivity contribution is 7.91. The summed E-state index contributed by atoms with van der Waals surface area (Å²) in [6.45, 7) is 0. The van der Waals surface area contributed by atoms with Gasteiger partial charge in [-0.1, -0.05) is 25.7 Å². The average Bonchev–Trinajstić information content (AvgIpc) is 2.46. The van der Waals surface area contributed by atoms with Crippen molar-refractivity contribution in [2.45, 2.75) is 68.6 Å². The minimum Gasteiger partial charge on any atom is -0.370 e. The van der Waals surface area contributed by atoms with Crippen LogP contribution in [0.5, 0.6) is 0 Å². The van der Waals surface area contributed by atoms with Gasteiger partial charge in [-0.15, -0.1) is 0 Å². The molecule has 0 aromatic heterocycles. The summed E-state index contributed by atoms with van der Waals surface area (Å²) in [6.07, 6.45) is 8.93. The van der Waals surface area contributed by atoms with Crippen molar-refractivity contribution < 1.29 is 17.9 Å². The zero-order chi connectivity index (χ0) is 14.8. The van der Waals surface area contributed by atoms with Gasteiger partial charge in [0.05, 0.1) is 5.25 Å². The third kappa shape index (κ3) is 3.25. The molecular weight excluding hydrogens is 276 g/mol. The fraction of sp³-hybridized carbons (Fsp3) is 0.933. The van der Waals surface area contributed by atoms with E-state index in [4.69, 9.17) is 4.74 Å². The normalized spacial score (nSPS) is 30.9. The molecule has 2 aliphatic carbocycles. The molecule has 0 aliphatic heterocycles. The van der Waals surface area contributed by atoms with Gasteiger partial charge >= 0.3 is 0 Å². The van der Waals surface area contributed by atoms with Crippen LogP contribution in [-0.2, 0) is 19.4 Å². The first-order valence-electron chi connectivity index (χ1n) is 7.67. The van der Waals surface area contributed by atoms with E-state index in [0.717, 1.165) is 44.9 Å². The summed E-state index contributed by atoms with van der Waals surface area (Å²) < 4.78 is 29.1. The Bertz CT molecular complexity index is 448. The highest BCUT2D eigenvalue weighted by Crippen LogP contribution is 2.38. The second kappa shape index (κ2) is 6.14. The van der Waals surface area contributed by atoms with E-state index in [2.05, 4.69) is 0 Å². The maximum atomic E-state index is 12.9. The van der Waals surface area contributed by atoms with Gasteiger partial charge in [-0.2, -0.15) is 0 Å². The molecule has 5 heteroatoms. The van der Waals surface area contributed by atoms with Crippen LogP contribution in [0.4, 0.5) is 0 Å². The predicted octanol–water partition coefficient (Wildman–Crippen LogP) is 2.51. The zero-order valence-corrected chi connectivity index (χ0v) is 13.4. The van der Waals surface area contributed by atoms with Gasteiger partial charge in [0, 0.05) is 19.3 Å². The molecule has 0 amide bonds. The van der Waals surface area contributed by atoms with Crippen molar-refractivity contribution in [1.29, 1.82) is 0 Å². The number of carbonyl (C=O) groups excluding carboxylic acids is 1. The van der Waals surface area contributed by atoms with Crippen LogP contribution in [-0.4, -0.2) is 38.4 Å². The summed E-state index contributed by atoms with van der Waals surface area (Å²) in [5, 5.41) is -0.345. The van der Waals surface area contributed by atoms with E-state index in [-0.39, 0.29) is 17.0 Å². The van der Waals surface area contributed by atoms with Gasteiger partial charge in [-0.25, -0.2) is 8.42 Å². The standard InChI is InChI=1S/C15H26O4S/c1-19-15(9-4-3-5-10-15)14(16)12-7-6-8-13(11-12)20(2,17)18/h12-13H,3-11H2,1-2H3. The summed E-state index contributed by atoms with van der Waals surface area (Å²) in [5.74, 6) is 0.0228. The van der Waals surface area contributed by atoms with Crippen LogP contribution in [0.2, 0.25) is 0 Å². The number of hydrogen-bond donors (Lipinski definition) is 0. The Kier molecular flexibility index (Phi) is 4.90. The third-order valence-electron chi connectivity index (χ3n) is 5.10. The number of methoxy groups -OCH3 is 1. The molecule has 0 aromatic rings. The van der Waals surface area contributed by atoms with Gasteiger partial charge in [0.25, 0.3) is 0 Å². The van der Waals surface area contributed by atoms with Gasteiger partial charge in [0.15, 0.2) is 5.78 Å². The molecule has 0 bridgehead atoms. The maximum absolute atomic E-state index is 12.9. The van der Waals surface area contributed by atoms with Crippen LogP contribution in [0.15, 0.2) is 0 Å². The van der Waals surface area contributed by atoms with E-state index < -0.39 is 15.4 Å². The Morgan fingerprint density at radius 1 is 1.10 bits per heavy atom. The first kappa shape index (κ1) is 16.0. The van der Waals surface area contributed by atoms with E-state index in [0.29, 0.717) is 12.8 Å². The van der Waals surface area contributed by atoms with E-state index in [1.54, 1.807) is 7.11 Å². The van der Waals surface area contributed by atoms with Gasteiger partial charge in [0.1, 0.15) is 15.4 Å². The van der Waals surface area contributed by atoms with Crippen molar-refractivity contribution in [3.05, 3.63) is 0 Å². The van der Waals surface area contributed by atoms with Crippen molar-refractivity contribution in [3.8, 4) is 0 Å². The molecule has 0 heterocycles. The number of rotatable bonds is 4. The lowest BCUT2D eigenvalue weighted by molar-refractivity contribution is -0.150. The fourth-order valence-corrected chi connectivity index (χ4v) is 4.99. The molecule has 2 unspecified atom stereocenters. The third-order valence-corrected chi connectivity index (χ3v) is 6.74. The summed E-state index contributed by atoms with van der Waals surface area (Å²) in [6, 6.07) is 0. The molecular formula is C15H26O4S. The Balaban J connectivity index is 2.11. The molecule has 0 aromatic carbocycles. The van der Waals surface area contributed by atoms with Crippen LogP contribution >= 0.6 is 0 Å². The first-order valence-corrected chi connectivity index (χ1v) is 9.63. The smallest absolute Gasteiger partial charge is 0.167 e. The first-order chi connectivity index (χ1) is 9.39. The van der Waals surface area contributed by atoms with E-state index in [9.17, 15) is 13.2 Å². The lowest BCUT2D eigenvalue weighted by Gasteiger charge is -2.39. The molecule has 20 heavy (non-hydrogen) atoms. The summed E-state index contributed by atoms with van der Waals surface area (Å²) >= 11 is 0. The Morgan fingerprint density at radius 2 is 1.75 bits per heavy atom. The van der Waals surface area contributed by atoms with Crippen molar-refractivity contribution in [2.24, 2.45) is 5.92 Å².